The molecule has 0 radical (unpaired) electrons. The summed E-state index contributed by atoms with van der Waals surface area (Å²) in [7, 11) is 1.80. The van der Waals surface area contributed by atoms with Crippen molar-refractivity contribution in [2.24, 2.45) is 0 Å². The van der Waals surface area contributed by atoms with Gasteiger partial charge in [0.25, 0.3) is 0 Å². The van der Waals surface area contributed by atoms with Crippen molar-refractivity contribution in [1.29, 1.82) is 0 Å². The molecule has 1 aromatic rings. The Balaban J connectivity index is 2.88. The Morgan fingerprint density at radius 3 is 2.45 bits per heavy atom. The molecule has 0 heterocycles. The van der Waals surface area contributed by atoms with Crippen LogP contribution in [0.3, 0.4) is 0 Å². The number of benzene rings is 1. The Morgan fingerprint density at radius 1 is 1.23 bits per heavy atom. The van der Waals surface area contributed by atoms with Gasteiger partial charge in [0.2, 0.25) is 0 Å². The van der Waals surface area contributed by atoms with Gasteiger partial charge in [-0.15, -0.1) is 0 Å². The summed E-state index contributed by atoms with van der Waals surface area (Å²) >= 11 is 0. The third kappa shape index (κ3) is 5.56. The van der Waals surface area contributed by atoms with Crippen LogP contribution >= 0.6 is 0 Å². The summed E-state index contributed by atoms with van der Waals surface area (Å²) < 4.78 is 11.4. The summed E-state index contributed by atoms with van der Waals surface area (Å²) in [6.45, 7) is 7.60. The standard InChI is InChI=1S/C17H27NO4/c1-5-9-21-15-8-7-14(16(11-15)22-10-6-2)12-18(4)13(3)17(19)20/h7-8,11,13H,5-6,9-10,12H2,1-4H3,(H,19,20). The summed E-state index contributed by atoms with van der Waals surface area (Å²) in [5, 5.41) is 9.09. The second-order valence-electron chi connectivity index (χ2n) is 5.40. The van der Waals surface area contributed by atoms with E-state index in [1.54, 1.807) is 18.9 Å². The first kappa shape index (κ1) is 18.3. The number of likely N-dealkylation sites (N-methyl/N-ethyl adjacent to an activating group) is 1. The number of carboxylic acid groups (broad SMARTS) is 1. The normalized spacial score (nSPS) is 12.2. The molecular weight excluding hydrogens is 282 g/mol. The maximum atomic E-state index is 11.1. The number of rotatable bonds is 10. The SMILES string of the molecule is CCCOc1ccc(CN(C)C(C)C(=O)O)c(OCCC)c1. The molecule has 0 aliphatic heterocycles. The predicted molar refractivity (Wildman–Crippen MR) is 86.6 cm³/mol. The van der Waals surface area contributed by atoms with Crippen LogP contribution in [0.4, 0.5) is 0 Å². The van der Waals surface area contributed by atoms with Crippen LogP contribution in [0.1, 0.15) is 39.2 Å². The molecule has 0 aliphatic carbocycles. The fourth-order valence-electron chi connectivity index (χ4n) is 1.92. The zero-order valence-electron chi connectivity index (χ0n) is 14.0. The number of hydrogen-bond donors (Lipinski definition) is 1. The third-order valence-corrected chi connectivity index (χ3v) is 3.41. The fraction of sp³-hybridized carbons (Fsp3) is 0.588. The highest BCUT2D eigenvalue weighted by Gasteiger charge is 2.18. The average molecular weight is 309 g/mol. The van der Waals surface area contributed by atoms with Gasteiger partial charge in [-0.1, -0.05) is 19.9 Å². The van der Waals surface area contributed by atoms with E-state index in [2.05, 4.69) is 13.8 Å². The molecule has 0 bridgehead atoms. The summed E-state index contributed by atoms with van der Waals surface area (Å²) in [4.78, 5) is 12.8. The van der Waals surface area contributed by atoms with Gasteiger partial charge in [0.1, 0.15) is 17.5 Å². The van der Waals surface area contributed by atoms with Gasteiger partial charge in [-0.25, -0.2) is 0 Å². The first-order chi connectivity index (χ1) is 10.5. The maximum Gasteiger partial charge on any atom is 0.320 e. The van der Waals surface area contributed by atoms with Crippen molar-refractivity contribution in [3.63, 3.8) is 0 Å². The van der Waals surface area contributed by atoms with Crippen LogP contribution < -0.4 is 9.47 Å². The number of carbonyl (C=O) groups is 1. The van der Waals surface area contributed by atoms with Crippen molar-refractivity contribution in [2.75, 3.05) is 20.3 Å². The Hall–Kier alpha value is -1.75. The molecule has 1 N–H and O–H groups in total. The second kappa shape index (κ2) is 9.30. The summed E-state index contributed by atoms with van der Waals surface area (Å²) in [6.07, 6.45) is 1.87. The van der Waals surface area contributed by atoms with Crippen molar-refractivity contribution in [1.82, 2.24) is 4.90 Å². The van der Waals surface area contributed by atoms with Crippen LogP contribution in [0, 0.1) is 0 Å². The van der Waals surface area contributed by atoms with E-state index in [-0.39, 0.29) is 0 Å². The predicted octanol–water partition coefficient (Wildman–Crippen LogP) is 3.17. The summed E-state index contributed by atoms with van der Waals surface area (Å²) in [5.41, 5.74) is 0.966. The minimum Gasteiger partial charge on any atom is -0.493 e. The fourth-order valence-corrected chi connectivity index (χ4v) is 1.92. The zero-order valence-corrected chi connectivity index (χ0v) is 14.0. The molecule has 0 saturated heterocycles. The van der Waals surface area contributed by atoms with E-state index in [0.29, 0.717) is 19.8 Å². The summed E-state index contributed by atoms with van der Waals surface area (Å²) in [6, 6.07) is 5.19. The van der Waals surface area contributed by atoms with Crippen molar-refractivity contribution in [2.45, 2.75) is 46.2 Å². The van der Waals surface area contributed by atoms with Crippen LogP contribution in [0.2, 0.25) is 0 Å². The quantitative estimate of drug-likeness (QED) is 0.719. The van der Waals surface area contributed by atoms with Crippen LogP contribution in [0.25, 0.3) is 0 Å². The first-order valence-electron chi connectivity index (χ1n) is 7.81. The number of carboxylic acids is 1. The average Bonchev–Trinajstić information content (AvgIpc) is 2.51. The number of ether oxygens (including phenoxy) is 2. The molecule has 1 atom stereocenters. The van der Waals surface area contributed by atoms with Crippen LogP contribution in [-0.4, -0.2) is 42.3 Å². The van der Waals surface area contributed by atoms with Crippen LogP contribution in [0.5, 0.6) is 11.5 Å². The molecule has 1 rings (SSSR count). The molecule has 1 unspecified atom stereocenters. The van der Waals surface area contributed by atoms with E-state index in [0.717, 1.165) is 29.9 Å². The molecule has 0 aromatic heterocycles. The number of nitrogens with zero attached hydrogens (tertiary/aromatic N) is 1. The van der Waals surface area contributed by atoms with Gasteiger partial charge in [0.15, 0.2) is 0 Å². The van der Waals surface area contributed by atoms with E-state index >= 15 is 0 Å². The van der Waals surface area contributed by atoms with Crippen molar-refractivity contribution >= 4 is 5.97 Å². The number of aliphatic carboxylic acids is 1. The monoisotopic (exact) mass is 309 g/mol. The van der Waals surface area contributed by atoms with E-state index < -0.39 is 12.0 Å². The van der Waals surface area contributed by atoms with Crippen LogP contribution in [-0.2, 0) is 11.3 Å². The Kier molecular flexibility index (Phi) is 7.74. The Labute approximate surface area is 132 Å². The second-order valence-corrected chi connectivity index (χ2v) is 5.40. The molecule has 0 fully saturated rings. The van der Waals surface area contributed by atoms with E-state index in [4.69, 9.17) is 14.6 Å². The lowest BCUT2D eigenvalue weighted by Crippen LogP contribution is -2.35. The highest BCUT2D eigenvalue weighted by atomic mass is 16.5. The van der Waals surface area contributed by atoms with Gasteiger partial charge in [0, 0.05) is 18.2 Å². The topological polar surface area (TPSA) is 59.0 Å². The molecule has 0 amide bonds. The molecule has 22 heavy (non-hydrogen) atoms. The lowest BCUT2D eigenvalue weighted by Gasteiger charge is -2.23. The minimum atomic E-state index is -0.832. The maximum absolute atomic E-state index is 11.1. The van der Waals surface area contributed by atoms with Gasteiger partial charge >= 0.3 is 5.97 Å². The molecule has 0 spiro atoms. The molecular formula is C17H27NO4. The first-order valence-corrected chi connectivity index (χ1v) is 7.81. The van der Waals surface area contributed by atoms with Crippen molar-refractivity contribution in [3.8, 4) is 11.5 Å². The third-order valence-electron chi connectivity index (χ3n) is 3.41. The molecule has 5 nitrogen and oxygen atoms in total. The molecule has 5 heteroatoms. The van der Waals surface area contributed by atoms with E-state index in [9.17, 15) is 4.79 Å². The van der Waals surface area contributed by atoms with Gasteiger partial charge in [-0.05, 0) is 32.9 Å². The van der Waals surface area contributed by atoms with Gasteiger partial charge in [-0.2, -0.15) is 0 Å². The molecule has 0 aliphatic rings. The lowest BCUT2D eigenvalue weighted by molar-refractivity contribution is -0.142. The van der Waals surface area contributed by atoms with Gasteiger partial charge in [-0.3, -0.25) is 9.69 Å². The smallest absolute Gasteiger partial charge is 0.320 e. The van der Waals surface area contributed by atoms with Gasteiger partial charge in [0.05, 0.1) is 13.2 Å². The molecule has 124 valence electrons. The Bertz CT molecular complexity index is 476. The summed E-state index contributed by atoms with van der Waals surface area (Å²) in [5.74, 6) is 0.715. The van der Waals surface area contributed by atoms with Crippen molar-refractivity contribution < 1.29 is 19.4 Å². The Morgan fingerprint density at radius 2 is 1.86 bits per heavy atom. The lowest BCUT2D eigenvalue weighted by atomic mass is 10.1. The van der Waals surface area contributed by atoms with Crippen LogP contribution in [0.15, 0.2) is 18.2 Å². The molecule has 0 saturated carbocycles. The highest BCUT2D eigenvalue weighted by molar-refractivity contribution is 5.72. The number of hydrogen-bond acceptors (Lipinski definition) is 4. The largest absolute Gasteiger partial charge is 0.493 e. The van der Waals surface area contributed by atoms with Crippen molar-refractivity contribution in [3.05, 3.63) is 23.8 Å². The molecule has 1 aromatic carbocycles. The minimum absolute atomic E-state index is 0.514. The highest BCUT2D eigenvalue weighted by Crippen LogP contribution is 2.27. The zero-order chi connectivity index (χ0) is 16.5. The van der Waals surface area contributed by atoms with E-state index in [1.807, 2.05) is 18.2 Å². The van der Waals surface area contributed by atoms with Gasteiger partial charge < -0.3 is 14.6 Å². The van der Waals surface area contributed by atoms with E-state index in [1.165, 1.54) is 0 Å².